The molecule has 1 unspecified atom stereocenters. The molecule has 0 spiro atoms. The predicted octanol–water partition coefficient (Wildman–Crippen LogP) is 1.58. The Bertz CT molecular complexity index is 271. The van der Waals surface area contributed by atoms with Gasteiger partial charge in [0.05, 0.1) is 0 Å². The minimum atomic E-state index is 0.563. The molecule has 3 N–H and O–H groups in total. The zero-order valence-electron chi connectivity index (χ0n) is 13.2. The molecule has 0 aromatic heterocycles. The van der Waals surface area contributed by atoms with Gasteiger partial charge < -0.3 is 20.7 Å². The van der Waals surface area contributed by atoms with Gasteiger partial charge in [0.2, 0.25) is 0 Å². The Labute approximate surface area is 124 Å². The Morgan fingerprint density at radius 2 is 2.25 bits per heavy atom. The monoisotopic (exact) mass is 284 g/mol. The molecular weight excluding hydrogens is 252 g/mol. The summed E-state index contributed by atoms with van der Waals surface area (Å²) in [6.07, 6.45) is 6.14. The van der Waals surface area contributed by atoms with Gasteiger partial charge in [-0.1, -0.05) is 6.42 Å². The maximum Gasteiger partial charge on any atom is 0.188 e. The highest BCUT2D eigenvalue weighted by atomic mass is 16.5. The first-order valence-corrected chi connectivity index (χ1v) is 8.09. The van der Waals surface area contributed by atoms with E-state index in [-0.39, 0.29) is 0 Å². The van der Waals surface area contributed by atoms with Crippen molar-refractivity contribution in [2.75, 3.05) is 39.4 Å². The van der Waals surface area contributed by atoms with Crippen molar-refractivity contribution in [2.24, 2.45) is 10.7 Å². The Kier molecular flexibility index (Phi) is 9.41. The van der Waals surface area contributed by atoms with Gasteiger partial charge in [0.15, 0.2) is 5.96 Å². The molecule has 0 radical (unpaired) electrons. The van der Waals surface area contributed by atoms with Crippen LogP contribution < -0.4 is 11.1 Å². The van der Waals surface area contributed by atoms with E-state index in [1.54, 1.807) is 0 Å². The van der Waals surface area contributed by atoms with Gasteiger partial charge in [-0.25, -0.2) is 0 Å². The maximum atomic E-state index is 5.82. The van der Waals surface area contributed by atoms with Crippen LogP contribution in [0, 0.1) is 0 Å². The Hall–Kier alpha value is -0.810. The second kappa shape index (κ2) is 10.9. The topological polar surface area (TPSA) is 62.9 Å². The van der Waals surface area contributed by atoms with E-state index < -0.39 is 0 Å². The van der Waals surface area contributed by atoms with Gasteiger partial charge in [-0.2, -0.15) is 0 Å². The van der Waals surface area contributed by atoms with Crippen molar-refractivity contribution in [3.05, 3.63) is 0 Å². The highest BCUT2D eigenvalue weighted by Gasteiger charge is 2.16. The van der Waals surface area contributed by atoms with E-state index in [9.17, 15) is 0 Å². The van der Waals surface area contributed by atoms with E-state index in [0.29, 0.717) is 5.96 Å². The number of rotatable bonds is 9. The largest absolute Gasteiger partial charge is 0.382 e. The Balaban J connectivity index is 2.00. The molecule has 0 saturated carbocycles. The smallest absolute Gasteiger partial charge is 0.188 e. The molecule has 1 atom stereocenters. The van der Waals surface area contributed by atoms with E-state index in [2.05, 4.69) is 22.1 Å². The fraction of sp³-hybridized carbons (Fsp3) is 0.933. The summed E-state index contributed by atoms with van der Waals surface area (Å²) < 4.78 is 5.26. The highest BCUT2D eigenvalue weighted by molar-refractivity contribution is 5.77. The molecule has 0 aliphatic carbocycles. The van der Waals surface area contributed by atoms with Crippen LogP contribution in [0.25, 0.3) is 0 Å². The van der Waals surface area contributed by atoms with Crippen LogP contribution in [0.2, 0.25) is 0 Å². The van der Waals surface area contributed by atoms with Gasteiger partial charge in [-0.05, 0) is 46.1 Å². The van der Waals surface area contributed by atoms with E-state index in [1.807, 2.05) is 6.92 Å². The molecule has 1 saturated heterocycles. The summed E-state index contributed by atoms with van der Waals surface area (Å²) in [5.41, 5.74) is 5.82. The lowest BCUT2D eigenvalue weighted by Crippen LogP contribution is -2.40. The quantitative estimate of drug-likeness (QED) is 0.383. The molecule has 1 fully saturated rings. The van der Waals surface area contributed by atoms with Gasteiger partial charge in [-0.15, -0.1) is 0 Å². The number of hydrogen-bond acceptors (Lipinski definition) is 3. The number of nitrogens with one attached hydrogen (secondary N) is 1. The highest BCUT2D eigenvalue weighted by Crippen LogP contribution is 2.15. The molecule has 0 amide bonds. The number of aliphatic imine (C=N–C) groups is 1. The first kappa shape index (κ1) is 17.2. The fourth-order valence-corrected chi connectivity index (χ4v) is 2.55. The first-order valence-electron chi connectivity index (χ1n) is 8.09. The molecule has 0 aromatic rings. The molecule has 5 nitrogen and oxygen atoms in total. The summed E-state index contributed by atoms with van der Waals surface area (Å²) in [5, 5.41) is 3.19. The molecule has 118 valence electrons. The van der Waals surface area contributed by atoms with E-state index in [4.69, 9.17) is 10.5 Å². The molecule has 1 aliphatic rings. The molecule has 1 heterocycles. The number of likely N-dealkylation sites (tertiary alicyclic amines) is 1. The average molecular weight is 284 g/mol. The summed E-state index contributed by atoms with van der Waals surface area (Å²) in [6.45, 7) is 9.93. The van der Waals surface area contributed by atoms with Gasteiger partial charge in [0.25, 0.3) is 0 Å². The number of piperidine rings is 1. The molecule has 1 aliphatic heterocycles. The van der Waals surface area contributed by atoms with Crippen molar-refractivity contribution in [1.29, 1.82) is 0 Å². The molecular formula is C15H32N4O. The van der Waals surface area contributed by atoms with Crippen LogP contribution in [0.5, 0.6) is 0 Å². The standard InChI is InChI=1S/C15H32N4O/c1-3-20-13-7-10-18-15(16)17-9-6-12-19-11-5-4-8-14(19)2/h14H,3-13H2,1-2H3,(H3,16,17,18). The predicted molar refractivity (Wildman–Crippen MR) is 85.1 cm³/mol. The minimum Gasteiger partial charge on any atom is -0.382 e. The zero-order valence-corrected chi connectivity index (χ0v) is 13.2. The fourth-order valence-electron chi connectivity index (χ4n) is 2.55. The van der Waals surface area contributed by atoms with Gasteiger partial charge in [0, 0.05) is 38.9 Å². The number of guanidine groups is 1. The molecule has 0 bridgehead atoms. The van der Waals surface area contributed by atoms with Gasteiger partial charge in [0.1, 0.15) is 0 Å². The molecule has 1 rings (SSSR count). The second-order valence-corrected chi connectivity index (χ2v) is 5.48. The third-order valence-corrected chi connectivity index (χ3v) is 3.80. The van der Waals surface area contributed by atoms with Crippen LogP contribution in [0.3, 0.4) is 0 Å². The second-order valence-electron chi connectivity index (χ2n) is 5.48. The number of nitrogens with two attached hydrogens (primary N) is 1. The van der Waals surface area contributed by atoms with E-state index in [1.165, 1.54) is 25.8 Å². The van der Waals surface area contributed by atoms with Crippen molar-refractivity contribution in [2.45, 2.75) is 52.0 Å². The van der Waals surface area contributed by atoms with Gasteiger partial charge >= 0.3 is 0 Å². The maximum absolute atomic E-state index is 5.82. The van der Waals surface area contributed by atoms with Crippen molar-refractivity contribution >= 4 is 5.96 Å². The van der Waals surface area contributed by atoms with Crippen LogP contribution in [-0.4, -0.2) is 56.3 Å². The lowest BCUT2D eigenvalue weighted by molar-refractivity contribution is 0.146. The lowest BCUT2D eigenvalue weighted by atomic mass is 10.0. The summed E-state index contributed by atoms with van der Waals surface area (Å²) in [4.78, 5) is 6.87. The van der Waals surface area contributed by atoms with E-state index in [0.717, 1.165) is 51.7 Å². The van der Waals surface area contributed by atoms with Crippen molar-refractivity contribution < 1.29 is 4.74 Å². The Morgan fingerprint density at radius 3 is 3.00 bits per heavy atom. The molecule has 0 aromatic carbocycles. The number of ether oxygens (including phenoxy) is 1. The summed E-state index contributed by atoms with van der Waals surface area (Å²) in [6, 6.07) is 0.744. The van der Waals surface area contributed by atoms with Gasteiger partial charge in [-0.3, -0.25) is 4.99 Å². The van der Waals surface area contributed by atoms with Crippen LogP contribution in [0.4, 0.5) is 0 Å². The van der Waals surface area contributed by atoms with Crippen molar-refractivity contribution in [1.82, 2.24) is 10.2 Å². The van der Waals surface area contributed by atoms with Crippen molar-refractivity contribution in [3.63, 3.8) is 0 Å². The number of hydrogen-bond donors (Lipinski definition) is 2. The first-order chi connectivity index (χ1) is 9.74. The van der Waals surface area contributed by atoms with Crippen molar-refractivity contribution in [3.8, 4) is 0 Å². The summed E-state index contributed by atoms with van der Waals surface area (Å²) in [5.74, 6) is 0.563. The minimum absolute atomic E-state index is 0.563. The normalized spacial score (nSPS) is 21.1. The van der Waals surface area contributed by atoms with Crippen LogP contribution >= 0.6 is 0 Å². The molecule has 20 heavy (non-hydrogen) atoms. The average Bonchev–Trinajstić information content (AvgIpc) is 2.45. The third kappa shape index (κ3) is 7.70. The zero-order chi connectivity index (χ0) is 14.6. The summed E-state index contributed by atoms with van der Waals surface area (Å²) >= 11 is 0. The van der Waals surface area contributed by atoms with Crippen LogP contribution in [0.1, 0.15) is 46.0 Å². The van der Waals surface area contributed by atoms with Crippen LogP contribution in [-0.2, 0) is 4.74 Å². The number of nitrogens with zero attached hydrogens (tertiary/aromatic N) is 2. The Morgan fingerprint density at radius 1 is 1.40 bits per heavy atom. The third-order valence-electron chi connectivity index (χ3n) is 3.80. The SMILES string of the molecule is CCOCCCN=C(N)NCCCN1CCCCC1C. The lowest BCUT2D eigenvalue weighted by Gasteiger charge is -2.33. The molecule has 5 heteroatoms. The summed E-state index contributed by atoms with van der Waals surface area (Å²) in [7, 11) is 0. The van der Waals surface area contributed by atoms with Crippen LogP contribution in [0.15, 0.2) is 4.99 Å². The van der Waals surface area contributed by atoms with E-state index >= 15 is 0 Å².